The molecular formula is C12H22N4. The van der Waals surface area contributed by atoms with E-state index in [-0.39, 0.29) is 0 Å². The third-order valence-corrected chi connectivity index (χ3v) is 3.55. The van der Waals surface area contributed by atoms with E-state index in [0.717, 1.165) is 32.1 Å². The molecule has 90 valence electrons. The Morgan fingerprint density at radius 2 is 2.31 bits per heavy atom. The quantitative estimate of drug-likeness (QED) is 0.773. The summed E-state index contributed by atoms with van der Waals surface area (Å²) in [6, 6.07) is 0.781. The van der Waals surface area contributed by atoms with Gasteiger partial charge < -0.3 is 10.3 Å². The van der Waals surface area contributed by atoms with Crippen molar-refractivity contribution in [2.75, 3.05) is 19.6 Å². The molecule has 4 heteroatoms. The van der Waals surface area contributed by atoms with Gasteiger partial charge in [-0.25, -0.2) is 4.98 Å². The van der Waals surface area contributed by atoms with Crippen LogP contribution in [-0.2, 0) is 13.5 Å². The van der Waals surface area contributed by atoms with Crippen LogP contribution in [0.3, 0.4) is 0 Å². The summed E-state index contributed by atoms with van der Waals surface area (Å²) in [5, 5.41) is 0. The van der Waals surface area contributed by atoms with E-state index in [2.05, 4.69) is 21.5 Å². The maximum atomic E-state index is 5.66. The highest BCUT2D eigenvalue weighted by Crippen LogP contribution is 2.24. The highest BCUT2D eigenvalue weighted by Gasteiger charge is 2.24. The van der Waals surface area contributed by atoms with Crippen molar-refractivity contribution >= 4 is 0 Å². The first-order chi connectivity index (χ1) is 7.81. The van der Waals surface area contributed by atoms with Crippen molar-refractivity contribution in [1.29, 1.82) is 0 Å². The maximum Gasteiger partial charge on any atom is 0.109 e. The van der Waals surface area contributed by atoms with Crippen molar-refractivity contribution in [3.05, 3.63) is 18.2 Å². The van der Waals surface area contributed by atoms with Gasteiger partial charge in [-0.05, 0) is 12.8 Å². The summed E-state index contributed by atoms with van der Waals surface area (Å²) >= 11 is 0. The highest BCUT2D eigenvalue weighted by molar-refractivity contribution is 4.92. The first-order valence-electron chi connectivity index (χ1n) is 6.21. The van der Waals surface area contributed by atoms with E-state index in [0.29, 0.717) is 0 Å². The summed E-state index contributed by atoms with van der Waals surface area (Å²) in [5.74, 6) is 1.17. The van der Waals surface area contributed by atoms with Crippen LogP contribution in [0.25, 0.3) is 0 Å². The molecule has 16 heavy (non-hydrogen) atoms. The lowest BCUT2D eigenvalue weighted by molar-refractivity contribution is 0.131. The summed E-state index contributed by atoms with van der Waals surface area (Å²) < 4.78 is 2.10. The van der Waals surface area contributed by atoms with Crippen LogP contribution >= 0.6 is 0 Å². The Labute approximate surface area is 97.4 Å². The van der Waals surface area contributed by atoms with E-state index < -0.39 is 0 Å². The first kappa shape index (κ1) is 11.6. The standard InChI is InChI=1S/C12H22N4/c1-15-10-7-14-12(15)5-8-16(9-6-13)11-3-2-4-11/h7,10-11H,2-6,8-9,13H2,1H3. The zero-order chi connectivity index (χ0) is 11.4. The molecule has 0 bridgehead atoms. The zero-order valence-electron chi connectivity index (χ0n) is 10.1. The highest BCUT2D eigenvalue weighted by atomic mass is 15.2. The van der Waals surface area contributed by atoms with Crippen LogP contribution in [0.5, 0.6) is 0 Å². The minimum Gasteiger partial charge on any atom is -0.338 e. The lowest BCUT2D eigenvalue weighted by atomic mass is 9.91. The van der Waals surface area contributed by atoms with Gasteiger partial charge in [-0.2, -0.15) is 0 Å². The van der Waals surface area contributed by atoms with Crippen LogP contribution in [0.4, 0.5) is 0 Å². The number of hydrogen-bond acceptors (Lipinski definition) is 3. The SMILES string of the molecule is Cn1ccnc1CCN(CCN)C1CCC1. The predicted molar refractivity (Wildman–Crippen MR) is 65.2 cm³/mol. The number of nitrogens with two attached hydrogens (primary N) is 1. The molecule has 2 N–H and O–H groups in total. The van der Waals surface area contributed by atoms with Crippen LogP contribution in [0.15, 0.2) is 12.4 Å². The van der Waals surface area contributed by atoms with Crippen molar-refractivity contribution in [3.8, 4) is 0 Å². The lowest BCUT2D eigenvalue weighted by Gasteiger charge is -2.37. The van der Waals surface area contributed by atoms with Gasteiger partial charge in [0.2, 0.25) is 0 Å². The van der Waals surface area contributed by atoms with Gasteiger partial charge in [0.05, 0.1) is 0 Å². The second-order valence-corrected chi connectivity index (χ2v) is 4.61. The fourth-order valence-electron chi connectivity index (χ4n) is 2.28. The van der Waals surface area contributed by atoms with E-state index in [1.54, 1.807) is 0 Å². The molecule has 0 radical (unpaired) electrons. The van der Waals surface area contributed by atoms with Crippen molar-refractivity contribution < 1.29 is 0 Å². The Bertz CT molecular complexity index is 317. The first-order valence-corrected chi connectivity index (χ1v) is 6.21. The molecule has 4 nitrogen and oxygen atoms in total. The second-order valence-electron chi connectivity index (χ2n) is 4.61. The Hall–Kier alpha value is -0.870. The van der Waals surface area contributed by atoms with Crippen molar-refractivity contribution in [2.24, 2.45) is 12.8 Å². The molecule has 0 spiro atoms. The van der Waals surface area contributed by atoms with Gasteiger partial charge in [0.25, 0.3) is 0 Å². The van der Waals surface area contributed by atoms with Gasteiger partial charge in [-0.15, -0.1) is 0 Å². The smallest absolute Gasteiger partial charge is 0.109 e. The molecule has 0 amide bonds. The fourth-order valence-corrected chi connectivity index (χ4v) is 2.28. The average molecular weight is 222 g/mol. The Morgan fingerprint density at radius 1 is 1.50 bits per heavy atom. The predicted octanol–water partition coefficient (Wildman–Crippen LogP) is 0.776. The topological polar surface area (TPSA) is 47.1 Å². The molecule has 1 aromatic rings. The zero-order valence-corrected chi connectivity index (χ0v) is 10.1. The van der Waals surface area contributed by atoms with Crippen molar-refractivity contribution in [2.45, 2.75) is 31.7 Å². The van der Waals surface area contributed by atoms with Gasteiger partial charge in [0.15, 0.2) is 0 Å². The number of aromatic nitrogens is 2. The van der Waals surface area contributed by atoms with Gasteiger partial charge in [0, 0.05) is 51.5 Å². The van der Waals surface area contributed by atoms with Crippen molar-refractivity contribution in [1.82, 2.24) is 14.5 Å². The van der Waals surface area contributed by atoms with Crippen LogP contribution in [0.2, 0.25) is 0 Å². The monoisotopic (exact) mass is 222 g/mol. The molecule has 1 aliphatic carbocycles. The normalized spacial score (nSPS) is 16.7. The fraction of sp³-hybridized carbons (Fsp3) is 0.750. The van der Waals surface area contributed by atoms with E-state index in [1.165, 1.54) is 25.1 Å². The van der Waals surface area contributed by atoms with Crippen molar-refractivity contribution in [3.63, 3.8) is 0 Å². The summed E-state index contributed by atoms with van der Waals surface area (Å²) in [6.07, 6.45) is 8.98. The Kier molecular flexibility index (Phi) is 3.96. The molecular weight excluding hydrogens is 200 g/mol. The number of rotatable bonds is 6. The molecule has 0 aromatic carbocycles. The van der Waals surface area contributed by atoms with E-state index in [9.17, 15) is 0 Å². The van der Waals surface area contributed by atoms with Gasteiger partial charge in [0.1, 0.15) is 5.82 Å². The Balaban J connectivity index is 1.83. The molecule has 0 atom stereocenters. The number of nitrogens with zero attached hydrogens (tertiary/aromatic N) is 3. The number of imidazole rings is 1. The summed E-state index contributed by atoms with van der Waals surface area (Å²) in [6.45, 7) is 2.87. The van der Waals surface area contributed by atoms with Crippen LogP contribution < -0.4 is 5.73 Å². The molecule has 0 unspecified atom stereocenters. The van der Waals surface area contributed by atoms with E-state index in [1.807, 2.05) is 12.4 Å². The summed E-state index contributed by atoms with van der Waals surface area (Å²) in [5.41, 5.74) is 5.66. The molecule has 1 aliphatic rings. The molecule has 2 rings (SSSR count). The number of aryl methyl sites for hydroxylation is 1. The minimum absolute atomic E-state index is 0.761. The minimum atomic E-state index is 0.761. The van der Waals surface area contributed by atoms with Crippen LogP contribution in [0.1, 0.15) is 25.1 Å². The molecule has 1 aromatic heterocycles. The average Bonchev–Trinajstić information content (AvgIpc) is 2.58. The third kappa shape index (κ3) is 2.62. The van der Waals surface area contributed by atoms with Gasteiger partial charge in [-0.3, -0.25) is 4.90 Å². The maximum absolute atomic E-state index is 5.66. The summed E-state index contributed by atoms with van der Waals surface area (Å²) in [7, 11) is 2.05. The molecule has 0 saturated heterocycles. The third-order valence-electron chi connectivity index (χ3n) is 3.55. The van der Waals surface area contributed by atoms with Crippen LogP contribution in [-0.4, -0.2) is 40.1 Å². The largest absolute Gasteiger partial charge is 0.338 e. The van der Waals surface area contributed by atoms with E-state index >= 15 is 0 Å². The van der Waals surface area contributed by atoms with E-state index in [4.69, 9.17) is 5.73 Å². The molecule has 1 saturated carbocycles. The van der Waals surface area contributed by atoms with Crippen LogP contribution in [0, 0.1) is 0 Å². The molecule has 1 fully saturated rings. The van der Waals surface area contributed by atoms with Gasteiger partial charge in [-0.1, -0.05) is 6.42 Å². The summed E-state index contributed by atoms with van der Waals surface area (Å²) in [4.78, 5) is 6.88. The molecule has 0 aliphatic heterocycles. The van der Waals surface area contributed by atoms with Gasteiger partial charge >= 0.3 is 0 Å². The lowest BCUT2D eigenvalue weighted by Crippen LogP contribution is -2.44. The second kappa shape index (κ2) is 5.46. The number of hydrogen-bond donors (Lipinski definition) is 1. The Morgan fingerprint density at radius 3 is 2.81 bits per heavy atom. The molecule has 1 heterocycles.